The number of nitrogens with zero attached hydrogens (tertiary/aromatic N) is 5. The van der Waals surface area contributed by atoms with Crippen LogP contribution in [0.1, 0.15) is 15.9 Å². The summed E-state index contributed by atoms with van der Waals surface area (Å²) in [5, 5.41) is 11.2. The molecule has 0 saturated carbocycles. The Morgan fingerprint density at radius 2 is 1.72 bits per heavy atom. The van der Waals surface area contributed by atoms with Gasteiger partial charge < -0.3 is 19.7 Å². The molecule has 29 heavy (non-hydrogen) atoms. The molecular formula is C22H26N6O. The lowest BCUT2D eigenvalue weighted by Crippen LogP contribution is -2.44. The highest BCUT2D eigenvalue weighted by Crippen LogP contribution is 2.27. The van der Waals surface area contributed by atoms with Gasteiger partial charge in [0.2, 0.25) is 0 Å². The van der Waals surface area contributed by atoms with Gasteiger partial charge in [0.15, 0.2) is 5.82 Å². The van der Waals surface area contributed by atoms with E-state index in [4.69, 9.17) is 0 Å². The van der Waals surface area contributed by atoms with Crippen molar-refractivity contribution in [3.63, 3.8) is 0 Å². The second kappa shape index (κ2) is 8.05. The van der Waals surface area contributed by atoms with E-state index in [1.165, 1.54) is 0 Å². The molecule has 0 unspecified atom stereocenters. The summed E-state index contributed by atoms with van der Waals surface area (Å²) in [5.41, 5.74) is 4.50. The van der Waals surface area contributed by atoms with Gasteiger partial charge in [0.25, 0.3) is 5.91 Å². The number of carbonyl (C=O) groups excluding carboxylic acids is 1. The molecule has 7 nitrogen and oxygen atoms in total. The lowest BCUT2D eigenvalue weighted by atomic mass is 10.1. The van der Waals surface area contributed by atoms with Crippen molar-refractivity contribution in [2.45, 2.75) is 6.92 Å². The second-order valence-corrected chi connectivity index (χ2v) is 7.53. The first kappa shape index (κ1) is 19.1. The minimum atomic E-state index is -0.117. The van der Waals surface area contributed by atoms with Gasteiger partial charge in [-0.05, 0) is 49.9 Å². The molecule has 1 fully saturated rings. The number of likely N-dealkylation sites (N-methyl/N-ethyl adjacent to an activating group) is 1. The van der Waals surface area contributed by atoms with Crippen LogP contribution >= 0.6 is 0 Å². The Kier molecular flexibility index (Phi) is 5.31. The summed E-state index contributed by atoms with van der Waals surface area (Å²) in [6, 6.07) is 13.7. The Morgan fingerprint density at radius 1 is 1.00 bits per heavy atom. The Balaban J connectivity index is 1.49. The number of amides is 1. The van der Waals surface area contributed by atoms with Crippen LogP contribution in [0, 0.1) is 6.92 Å². The third-order valence-electron chi connectivity index (χ3n) is 5.53. The van der Waals surface area contributed by atoms with E-state index in [1.54, 1.807) is 6.33 Å². The van der Waals surface area contributed by atoms with E-state index in [0.717, 1.165) is 54.5 Å². The van der Waals surface area contributed by atoms with E-state index in [-0.39, 0.29) is 5.91 Å². The average Bonchev–Trinajstić information content (AvgIpc) is 3.16. The van der Waals surface area contributed by atoms with Crippen molar-refractivity contribution in [3.05, 3.63) is 59.9 Å². The smallest absolute Gasteiger partial charge is 0.255 e. The molecule has 1 aromatic heterocycles. The van der Waals surface area contributed by atoms with Gasteiger partial charge in [-0.1, -0.05) is 12.1 Å². The lowest BCUT2D eigenvalue weighted by Gasteiger charge is -2.34. The molecule has 2 aromatic carbocycles. The minimum Gasteiger partial charge on any atom is -0.369 e. The van der Waals surface area contributed by atoms with Crippen LogP contribution in [-0.4, -0.2) is 58.8 Å². The van der Waals surface area contributed by atoms with Crippen molar-refractivity contribution in [3.8, 4) is 11.4 Å². The van der Waals surface area contributed by atoms with E-state index in [0.29, 0.717) is 5.56 Å². The molecular weight excluding hydrogens is 364 g/mol. The topological polar surface area (TPSA) is 66.3 Å². The van der Waals surface area contributed by atoms with Gasteiger partial charge >= 0.3 is 0 Å². The van der Waals surface area contributed by atoms with Crippen LogP contribution in [0.3, 0.4) is 0 Å². The van der Waals surface area contributed by atoms with Gasteiger partial charge in [-0.15, -0.1) is 10.2 Å². The lowest BCUT2D eigenvalue weighted by molar-refractivity contribution is 0.102. The van der Waals surface area contributed by atoms with Crippen LogP contribution < -0.4 is 10.2 Å². The Hall–Kier alpha value is -3.19. The van der Waals surface area contributed by atoms with Crippen molar-refractivity contribution in [2.75, 3.05) is 43.4 Å². The largest absolute Gasteiger partial charge is 0.369 e. The first-order valence-corrected chi connectivity index (χ1v) is 9.82. The summed E-state index contributed by atoms with van der Waals surface area (Å²) < 4.78 is 1.87. The van der Waals surface area contributed by atoms with Crippen LogP contribution in [0.15, 0.2) is 48.8 Å². The van der Waals surface area contributed by atoms with Crippen molar-refractivity contribution < 1.29 is 4.79 Å². The fourth-order valence-electron chi connectivity index (χ4n) is 3.62. The Labute approximate surface area is 171 Å². The Morgan fingerprint density at radius 3 is 2.38 bits per heavy atom. The number of piperazine rings is 1. The molecule has 7 heteroatoms. The third kappa shape index (κ3) is 4.00. The number of nitrogens with one attached hydrogen (secondary N) is 1. The zero-order valence-corrected chi connectivity index (χ0v) is 17.1. The first-order valence-electron chi connectivity index (χ1n) is 9.82. The highest BCUT2D eigenvalue weighted by molar-refractivity contribution is 6.05. The summed E-state index contributed by atoms with van der Waals surface area (Å²) in [6.45, 7) is 6.12. The number of carbonyl (C=O) groups is 1. The molecule has 0 bridgehead atoms. The molecule has 1 aliphatic rings. The molecule has 4 rings (SSSR count). The summed E-state index contributed by atoms with van der Waals surface area (Å²) in [4.78, 5) is 17.5. The monoisotopic (exact) mass is 390 g/mol. The molecule has 0 radical (unpaired) electrons. The zero-order chi connectivity index (χ0) is 20.4. The van der Waals surface area contributed by atoms with Crippen LogP contribution in [0.2, 0.25) is 0 Å². The van der Waals surface area contributed by atoms with Crippen molar-refractivity contribution in [1.82, 2.24) is 19.7 Å². The fraction of sp³-hybridized carbons (Fsp3) is 0.318. The summed E-state index contributed by atoms with van der Waals surface area (Å²) in [5.74, 6) is 0.656. The number of aryl methyl sites for hydroxylation is 1. The van der Waals surface area contributed by atoms with E-state index < -0.39 is 0 Å². The number of hydrogen-bond acceptors (Lipinski definition) is 5. The van der Waals surface area contributed by atoms with Crippen LogP contribution in [0.25, 0.3) is 11.4 Å². The first-order chi connectivity index (χ1) is 14.0. The zero-order valence-electron chi connectivity index (χ0n) is 17.1. The predicted molar refractivity (Wildman–Crippen MR) is 115 cm³/mol. The third-order valence-corrected chi connectivity index (χ3v) is 5.53. The normalized spacial score (nSPS) is 14.8. The summed E-state index contributed by atoms with van der Waals surface area (Å²) in [6.07, 6.45) is 1.67. The number of anilines is 2. The van der Waals surface area contributed by atoms with E-state index in [2.05, 4.69) is 32.4 Å². The van der Waals surface area contributed by atoms with E-state index in [9.17, 15) is 4.79 Å². The molecule has 1 amide bonds. The van der Waals surface area contributed by atoms with Crippen molar-refractivity contribution in [2.24, 2.45) is 7.05 Å². The molecule has 1 aliphatic heterocycles. The SMILES string of the molecule is Cc1c(NC(=O)c2ccc(N3CCN(C)CC3)cc2)cccc1-c1nncn1C. The quantitative estimate of drug-likeness (QED) is 0.742. The van der Waals surface area contributed by atoms with Gasteiger partial charge in [0, 0.05) is 55.7 Å². The summed E-state index contributed by atoms with van der Waals surface area (Å²) >= 11 is 0. The number of aromatic nitrogens is 3. The van der Waals surface area contributed by atoms with Gasteiger partial charge in [0.05, 0.1) is 0 Å². The maximum Gasteiger partial charge on any atom is 0.255 e. The summed E-state index contributed by atoms with van der Waals surface area (Å²) in [7, 11) is 4.05. The minimum absolute atomic E-state index is 0.117. The second-order valence-electron chi connectivity index (χ2n) is 7.53. The van der Waals surface area contributed by atoms with Crippen LogP contribution in [0.4, 0.5) is 11.4 Å². The molecule has 150 valence electrons. The molecule has 1 saturated heterocycles. The molecule has 0 spiro atoms. The van der Waals surface area contributed by atoms with Crippen LogP contribution in [0.5, 0.6) is 0 Å². The van der Waals surface area contributed by atoms with Gasteiger partial charge in [0.1, 0.15) is 6.33 Å². The van der Waals surface area contributed by atoms with Crippen molar-refractivity contribution >= 4 is 17.3 Å². The van der Waals surface area contributed by atoms with E-state index in [1.807, 2.05) is 61.0 Å². The molecule has 0 aliphatic carbocycles. The molecule has 1 N–H and O–H groups in total. The van der Waals surface area contributed by atoms with Crippen LogP contribution in [-0.2, 0) is 7.05 Å². The molecule has 3 aromatic rings. The standard InChI is InChI=1S/C22H26N6O/c1-16-19(21-25-23-15-27(21)3)5-4-6-20(16)24-22(29)17-7-9-18(10-8-17)28-13-11-26(2)12-14-28/h4-10,15H,11-14H2,1-3H3,(H,24,29). The molecule has 2 heterocycles. The van der Waals surface area contributed by atoms with E-state index >= 15 is 0 Å². The van der Waals surface area contributed by atoms with Gasteiger partial charge in [-0.2, -0.15) is 0 Å². The highest BCUT2D eigenvalue weighted by Gasteiger charge is 2.16. The fourth-order valence-corrected chi connectivity index (χ4v) is 3.62. The maximum atomic E-state index is 12.8. The molecule has 0 atom stereocenters. The van der Waals surface area contributed by atoms with Gasteiger partial charge in [-0.3, -0.25) is 4.79 Å². The van der Waals surface area contributed by atoms with Crippen molar-refractivity contribution in [1.29, 1.82) is 0 Å². The highest BCUT2D eigenvalue weighted by atomic mass is 16.1. The predicted octanol–water partition coefficient (Wildman–Crippen LogP) is 2.79. The van der Waals surface area contributed by atoms with Gasteiger partial charge in [-0.25, -0.2) is 0 Å². The Bertz CT molecular complexity index is 1000. The number of hydrogen-bond donors (Lipinski definition) is 1. The average molecular weight is 390 g/mol. The number of benzene rings is 2. The maximum absolute atomic E-state index is 12.8. The number of rotatable bonds is 4.